The molecule has 0 unspecified atom stereocenters. The van der Waals surface area contributed by atoms with E-state index in [4.69, 9.17) is 17.3 Å². The van der Waals surface area contributed by atoms with Gasteiger partial charge in [0.15, 0.2) is 0 Å². The number of nitrogens with one attached hydrogen (secondary N) is 1. The van der Waals surface area contributed by atoms with E-state index in [0.717, 1.165) is 0 Å². The maximum Gasteiger partial charge on any atom is 0.241 e. The van der Waals surface area contributed by atoms with Crippen LogP contribution in [0, 0.1) is 12.8 Å². The summed E-state index contributed by atoms with van der Waals surface area (Å²) in [6.07, 6.45) is 0. The number of carbonyl (C=O) groups excluding carboxylic acids is 1. The van der Waals surface area contributed by atoms with Gasteiger partial charge in [-0.05, 0) is 25.0 Å². The van der Waals surface area contributed by atoms with Gasteiger partial charge in [-0.3, -0.25) is 4.79 Å². The fourth-order valence-electron chi connectivity index (χ4n) is 1.18. The lowest BCUT2D eigenvalue weighted by Crippen LogP contribution is -2.39. The van der Waals surface area contributed by atoms with Crippen LogP contribution in [0.4, 0.5) is 5.69 Å². The zero-order valence-corrected chi connectivity index (χ0v) is 10.4. The molecule has 1 rings (SSSR count). The number of pyridine rings is 1. The summed E-state index contributed by atoms with van der Waals surface area (Å²) in [5.41, 5.74) is 7.05. The molecule has 1 aromatic rings. The van der Waals surface area contributed by atoms with Crippen molar-refractivity contribution in [2.75, 3.05) is 5.32 Å². The molecule has 0 aliphatic rings. The molecule has 0 bridgehead atoms. The predicted octanol–water partition coefficient (Wildman–Crippen LogP) is 1.97. The topological polar surface area (TPSA) is 68.0 Å². The molecule has 0 saturated heterocycles. The van der Waals surface area contributed by atoms with Crippen molar-refractivity contribution < 1.29 is 4.79 Å². The molecule has 0 aliphatic carbocycles. The summed E-state index contributed by atoms with van der Waals surface area (Å²) in [5.74, 6) is -0.109. The van der Waals surface area contributed by atoms with E-state index >= 15 is 0 Å². The van der Waals surface area contributed by atoms with Crippen molar-refractivity contribution in [3.63, 3.8) is 0 Å². The lowest BCUT2D eigenvalue weighted by molar-refractivity contribution is -0.118. The van der Waals surface area contributed by atoms with Crippen molar-refractivity contribution in [2.45, 2.75) is 26.8 Å². The number of nitrogens with two attached hydrogens (primary N) is 1. The van der Waals surface area contributed by atoms with Crippen LogP contribution in [-0.2, 0) is 4.79 Å². The monoisotopic (exact) mass is 241 g/mol. The van der Waals surface area contributed by atoms with Crippen molar-refractivity contribution >= 4 is 23.2 Å². The summed E-state index contributed by atoms with van der Waals surface area (Å²) in [6.45, 7) is 5.58. The maximum absolute atomic E-state index is 11.7. The van der Waals surface area contributed by atoms with Crippen LogP contribution in [0.3, 0.4) is 0 Å². The van der Waals surface area contributed by atoms with Crippen LogP contribution in [0.5, 0.6) is 0 Å². The average Bonchev–Trinajstić information content (AvgIpc) is 2.20. The zero-order valence-electron chi connectivity index (χ0n) is 9.62. The van der Waals surface area contributed by atoms with E-state index in [0.29, 0.717) is 16.5 Å². The second kappa shape index (κ2) is 5.27. The molecule has 0 aromatic carbocycles. The van der Waals surface area contributed by atoms with Gasteiger partial charge in [-0.1, -0.05) is 25.4 Å². The minimum absolute atomic E-state index is 0.0977. The minimum atomic E-state index is -0.518. The highest BCUT2D eigenvalue weighted by Gasteiger charge is 2.17. The first-order valence-corrected chi connectivity index (χ1v) is 5.49. The molecule has 4 nitrogen and oxygen atoms in total. The minimum Gasteiger partial charge on any atom is -0.323 e. The second-order valence-corrected chi connectivity index (χ2v) is 4.41. The molecule has 3 N–H and O–H groups in total. The van der Waals surface area contributed by atoms with Gasteiger partial charge in [0.1, 0.15) is 5.15 Å². The third-order valence-electron chi connectivity index (χ3n) is 2.33. The number of aromatic nitrogens is 1. The molecular weight excluding hydrogens is 226 g/mol. The average molecular weight is 242 g/mol. The standard InChI is InChI=1S/C11H16ClN3O/c1-6(2)10(13)11(16)15-8-4-5-9(12)14-7(8)3/h4-6,10H,13H2,1-3H3,(H,15,16)/t10-/m0/s1. The third-order valence-corrected chi connectivity index (χ3v) is 2.54. The molecule has 16 heavy (non-hydrogen) atoms. The van der Waals surface area contributed by atoms with Crippen LogP contribution < -0.4 is 11.1 Å². The van der Waals surface area contributed by atoms with Crippen LogP contribution in [0.25, 0.3) is 0 Å². The lowest BCUT2D eigenvalue weighted by Gasteiger charge is -2.16. The van der Waals surface area contributed by atoms with Crippen molar-refractivity contribution in [3.8, 4) is 0 Å². The molecule has 1 atom stereocenters. The number of hydrogen-bond acceptors (Lipinski definition) is 3. The van der Waals surface area contributed by atoms with Crippen molar-refractivity contribution in [2.24, 2.45) is 11.7 Å². The van der Waals surface area contributed by atoms with E-state index in [2.05, 4.69) is 10.3 Å². The van der Waals surface area contributed by atoms with Gasteiger partial charge in [-0.2, -0.15) is 0 Å². The molecule has 1 heterocycles. The van der Waals surface area contributed by atoms with Gasteiger partial charge < -0.3 is 11.1 Å². The fourth-order valence-corrected chi connectivity index (χ4v) is 1.37. The predicted molar refractivity (Wildman–Crippen MR) is 65.4 cm³/mol. The maximum atomic E-state index is 11.7. The summed E-state index contributed by atoms with van der Waals surface area (Å²) < 4.78 is 0. The Morgan fingerprint density at radius 1 is 1.50 bits per heavy atom. The van der Waals surface area contributed by atoms with E-state index in [1.54, 1.807) is 19.1 Å². The van der Waals surface area contributed by atoms with Crippen molar-refractivity contribution in [1.82, 2.24) is 4.98 Å². The van der Waals surface area contributed by atoms with Gasteiger partial charge in [-0.25, -0.2) is 4.98 Å². The molecular formula is C11H16ClN3O. The first-order chi connectivity index (χ1) is 7.41. The highest BCUT2D eigenvalue weighted by Crippen LogP contribution is 2.16. The Hall–Kier alpha value is -1.13. The van der Waals surface area contributed by atoms with E-state index in [9.17, 15) is 4.79 Å². The van der Waals surface area contributed by atoms with Crippen LogP contribution in [-0.4, -0.2) is 16.9 Å². The number of anilines is 1. The summed E-state index contributed by atoms with van der Waals surface area (Å²) in [7, 11) is 0. The summed E-state index contributed by atoms with van der Waals surface area (Å²) in [4.78, 5) is 15.7. The Labute approximate surface area is 100 Å². The number of hydrogen-bond donors (Lipinski definition) is 2. The number of rotatable bonds is 3. The van der Waals surface area contributed by atoms with E-state index in [-0.39, 0.29) is 11.8 Å². The number of amides is 1. The smallest absolute Gasteiger partial charge is 0.241 e. The van der Waals surface area contributed by atoms with Gasteiger partial charge in [-0.15, -0.1) is 0 Å². The van der Waals surface area contributed by atoms with Crippen LogP contribution in [0.2, 0.25) is 5.15 Å². The molecule has 1 aromatic heterocycles. The van der Waals surface area contributed by atoms with Gasteiger partial charge in [0.2, 0.25) is 5.91 Å². The fraction of sp³-hybridized carbons (Fsp3) is 0.455. The molecule has 1 amide bonds. The first-order valence-electron chi connectivity index (χ1n) is 5.11. The third kappa shape index (κ3) is 3.18. The molecule has 0 radical (unpaired) electrons. The Balaban J connectivity index is 2.77. The van der Waals surface area contributed by atoms with Crippen LogP contribution >= 0.6 is 11.6 Å². The molecule has 88 valence electrons. The summed E-state index contributed by atoms with van der Waals surface area (Å²) >= 11 is 5.72. The molecule has 0 aliphatic heterocycles. The Bertz CT molecular complexity index is 393. The van der Waals surface area contributed by atoms with E-state index in [1.807, 2.05) is 13.8 Å². The van der Waals surface area contributed by atoms with E-state index in [1.165, 1.54) is 0 Å². The van der Waals surface area contributed by atoms with Crippen molar-refractivity contribution in [1.29, 1.82) is 0 Å². The van der Waals surface area contributed by atoms with E-state index < -0.39 is 6.04 Å². The van der Waals surface area contributed by atoms with Gasteiger partial charge in [0, 0.05) is 0 Å². The molecule has 5 heteroatoms. The number of nitrogens with zero attached hydrogens (tertiary/aromatic N) is 1. The number of carbonyl (C=O) groups is 1. The Kier molecular flexibility index (Phi) is 4.26. The molecule has 0 fully saturated rings. The highest BCUT2D eigenvalue weighted by atomic mass is 35.5. The zero-order chi connectivity index (χ0) is 12.3. The summed E-state index contributed by atoms with van der Waals surface area (Å²) in [5, 5.41) is 3.14. The van der Waals surface area contributed by atoms with Crippen LogP contribution in [0.15, 0.2) is 12.1 Å². The van der Waals surface area contributed by atoms with Gasteiger partial charge >= 0.3 is 0 Å². The van der Waals surface area contributed by atoms with Gasteiger partial charge in [0.05, 0.1) is 17.4 Å². The number of aryl methyl sites for hydroxylation is 1. The molecule has 0 saturated carbocycles. The van der Waals surface area contributed by atoms with Gasteiger partial charge in [0.25, 0.3) is 0 Å². The largest absolute Gasteiger partial charge is 0.323 e. The molecule has 0 spiro atoms. The normalized spacial score (nSPS) is 12.6. The van der Waals surface area contributed by atoms with Crippen LogP contribution in [0.1, 0.15) is 19.5 Å². The highest BCUT2D eigenvalue weighted by molar-refractivity contribution is 6.29. The van der Waals surface area contributed by atoms with Crippen molar-refractivity contribution in [3.05, 3.63) is 23.0 Å². The SMILES string of the molecule is Cc1nc(Cl)ccc1NC(=O)[C@@H](N)C(C)C. The Morgan fingerprint density at radius 2 is 2.12 bits per heavy atom. The first kappa shape index (κ1) is 12.9. The summed E-state index contributed by atoms with van der Waals surface area (Å²) in [6, 6.07) is 2.83. The number of halogens is 1. The Morgan fingerprint density at radius 3 is 2.62 bits per heavy atom. The lowest BCUT2D eigenvalue weighted by atomic mass is 10.0. The second-order valence-electron chi connectivity index (χ2n) is 4.03. The quantitative estimate of drug-likeness (QED) is 0.795.